The third-order valence-electron chi connectivity index (χ3n) is 2.73. The molecule has 90 valence electrons. The van der Waals surface area contributed by atoms with E-state index in [0.29, 0.717) is 5.56 Å². The fourth-order valence-corrected chi connectivity index (χ4v) is 3.25. The van der Waals surface area contributed by atoms with Crippen LogP contribution in [0.3, 0.4) is 0 Å². The topological polar surface area (TPSA) is 12.0 Å². The van der Waals surface area contributed by atoms with Crippen molar-refractivity contribution >= 4 is 33.9 Å². The van der Waals surface area contributed by atoms with Crippen molar-refractivity contribution in [3.05, 3.63) is 55.0 Å². The second-order valence-corrected chi connectivity index (χ2v) is 6.72. The summed E-state index contributed by atoms with van der Waals surface area (Å²) < 4.78 is 14.5. The van der Waals surface area contributed by atoms with E-state index >= 15 is 0 Å². The molecule has 17 heavy (non-hydrogen) atoms. The van der Waals surface area contributed by atoms with Crippen LogP contribution in [0, 0.1) is 15.6 Å². The van der Waals surface area contributed by atoms with Crippen LogP contribution in [0.5, 0.6) is 0 Å². The summed E-state index contributed by atoms with van der Waals surface area (Å²) in [4.78, 5) is 0. The van der Waals surface area contributed by atoms with Crippen molar-refractivity contribution in [3.63, 3.8) is 0 Å². The van der Waals surface area contributed by atoms with Crippen LogP contribution >= 0.6 is 33.9 Å². The summed E-state index contributed by atoms with van der Waals surface area (Å²) in [5.74, 6) is -0.150. The maximum atomic E-state index is 13.3. The second kappa shape index (κ2) is 5.46. The lowest BCUT2D eigenvalue weighted by Crippen LogP contribution is -2.17. The van der Waals surface area contributed by atoms with E-state index in [-0.39, 0.29) is 11.9 Å². The summed E-state index contributed by atoms with van der Waals surface area (Å²) in [6.07, 6.45) is 0. The molecule has 0 aliphatic heterocycles. The Bertz CT molecular complexity index is 524. The molecular formula is C13H13FINS. The number of hydrogen-bond acceptors (Lipinski definition) is 2. The highest BCUT2D eigenvalue weighted by Gasteiger charge is 2.14. The maximum Gasteiger partial charge on any atom is 0.126 e. The minimum absolute atomic E-state index is 0.133. The van der Waals surface area contributed by atoms with Crippen molar-refractivity contribution in [2.75, 3.05) is 7.05 Å². The minimum Gasteiger partial charge on any atom is -0.309 e. The third kappa shape index (κ3) is 2.86. The van der Waals surface area contributed by atoms with Crippen LogP contribution in [0.2, 0.25) is 0 Å². The van der Waals surface area contributed by atoms with Crippen molar-refractivity contribution < 1.29 is 4.39 Å². The van der Waals surface area contributed by atoms with Gasteiger partial charge in [0.2, 0.25) is 0 Å². The van der Waals surface area contributed by atoms with Gasteiger partial charge in [0.15, 0.2) is 0 Å². The average molecular weight is 361 g/mol. The summed E-state index contributed by atoms with van der Waals surface area (Å²) in [5.41, 5.74) is 3.01. The zero-order chi connectivity index (χ0) is 12.4. The van der Waals surface area contributed by atoms with Gasteiger partial charge in [0.1, 0.15) is 5.82 Å². The van der Waals surface area contributed by atoms with E-state index in [2.05, 4.69) is 39.4 Å². The van der Waals surface area contributed by atoms with Crippen LogP contribution < -0.4 is 5.32 Å². The maximum absolute atomic E-state index is 13.3. The molecule has 1 heterocycles. The zero-order valence-electron chi connectivity index (χ0n) is 9.63. The molecule has 0 saturated carbocycles. The molecule has 0 amide bonds. The van der Waals surface area contributed by atoms with Gasteiger partial charge < -0.3 is 5.32 Å². The molecule has 0 saturated heterocycles. The number of aryl methyl sites for hydroxylation is 1. The molecule has 1 aromatic carbocycles. The first-order valence-electron chi connectivity index (χ1n) is 5.29. The summed E-state index contributed by atoms with van der Waals surface area (Å²) in [5, 5.41) is 5.42. The van der Waals surface area contributed by atoms with Gasteiger partial charge in [-0.3, -0.25) is 0 Å². The average Bonchev–Trinajstić information content (AvgIpc) is 2.71. The lowest BCUT2D eigenvalue weighted by atomic mass is 9.99. The molecule has 0 fully saturated rings. The predicted molar refractivity (Wildman–Crippen MR) is 79.1 cm³/mol. The van der Waals surface area contributed by atoms with Crippen LogP contribution in [-0.2, 0) is 0 Å². The minimum atomic E-state index is -0.150. The van der Waals surface area contributed by atoms with E-state index in [1.165, 1.54) is 14.5 Å². The van der Waals surface area contributed by atoms with Crippen molar-refractivity contribution in [1.82, 2.24) is 5.32 Å². The first kappa shape index (κ1) is 13.0. The normalized spacial score (nSPS) is 12.7. The van der Waals surface area contributed by atoms with Crippen molar-refractivity contribution in [2.45, 2.75) is 13.0 Å². The largest absolute Gasteiger partial charge is 0.309 e. The van der Waals surface area contributed by atoms with Crippen LogP contribution in [0.1, 0.15) is 22.7 Å². The fraction of sp³-hybridized carbons (Fsp3) is 0.231. The molecular weight excluding hydrogens is 348 g/mol. The molecule has 1 N–H and O–H groups in total. The molecule has 2 aromatic rings. The molecule has 2 rings (SSSR count). The molecule has 0 aliphatic carbocycles. The predicted octanol–water partition coefficient (Wildman–Crippen LogP) is 4.11. The van der Waals surface area contributed by atoms with Crippen LogP contribution in [0.4, 0.5) is 4.39 Å². The summed E-state index contributed by atoms with van der Waals surface area (Å²) in [6.45, 7) is 1.79. The van der Waals surface area contributed by atoms with Gasteiger partial charge >= 0.3 is 0 Å². The Balaban J connectivity index is 2.38. The van der Waals surface area contributed by atoms with Gasteiger partial charge in [0.05, 0.1) is 8.93 Å². The van der Waals surface area contributed by atoms with Gasteiger partial charge in [0, 0.05) is 0 Å². The fourth-order valence-electron chi connectivity index (χ4n) is 1.85. The molecule has 0 spiro atoms. The number of halogens is 2. The Labute approximate surface area is 118 Å². The van der Waals surface area contributed by atoms with E-state index in [0.717, 1.165) is 5.56 Å². The molecule has 0 bridgehead atoms. The lowest BCUT2D eigenvalue weighted by Gasteiger charge is -2.16. The Morgan fingerprint density at radius 3 is 2.59 bits per heavy atom. The van der Waals surface area contributed by atoms with E-state index in [4.69, 9.17) is 0 Å². The third-order valence-corrected chi connectivity index (χ3v) is 4.53. The molecule has 1 atom stereocenters. The number of thiophene rings is 1. The number of nitrogens with one attached hydrogen (secondary N) is 1. The first-order valence-corrected chi connectivity index (χ1v) is 7.25. The number of benzene rings is 1. The van der Waals surface area contributed by atoms with Crippen LogP contribution in [0.25, 0.3) is 0 Å². The van der Waals surface area contributed by atoms with Gasteiger partial charge in [-0.15, -0.1) is 11.3 Å². The summed E-state index contributed by atoms with van der Waals surface area (Å²) in [7, 11) is 1.92. The Morgan fingerprint density at radius 1 is 1.29 bits per heavy atom. The van der Waals surface area contributed by atoms with Gasteiger partial charge in [-0.1, -0.05) is 12.1 Å². The highest BCUT2D eigenvalue weighted by Crippen LogP contribution is 2.28. The highest BCUT2D eigenvalue weighted by atomic mass is 127. The Hall–Kier alpha value is -0.460. The summed E-state index contributed by atoms with van der Waals surface area (Å²) in [6, 6.07) is 7.57. The highest BCUT2D eigenvalue weighted by molar-refractivity contribution is 14.1. The van der Waals surface area contributed by atoms with E-state index < -0.39 is 0 Å². The Kier molecular flexibility index (Phi) is 4.17. The lowest BCUT2D eigenvalue weighted by molar-refractivity contribution is 0.614. The molecule has 1 nitrogen and oxygen atoms in total. The van der Waals surface area contributed by atoms with E-state index in [9.17, 15) is 4.39 Å². The van der Waals surface area contributed by atoms with Gasteiger partial charge in [-0.25, -0.2) is 4.39 Å². The van der Waals surface area contributed by atoms with Crippen molar-refractivity contribution in [3.8, 4) is 0 Å². The van der Waals surface area contributed by atoms with Crippen LogP contribution in [-0.4, -0.2) is 7.05 Å². The first-order chi connectivity index (χ1) is 8.11. The number of rotatable bonds is 3. The number of hydrogen-bond donors (Lipinski definition) is 1. The van der Waals surface area contributed by atoms with Crippen molar-refractivity contribution in [1.29, 1.82) is 0 Å². The molecule has 0 aliphatic rings. The molecule has 4 heteroatoms. The molecule has 0 radical (unpaired) electrons. The summed E-state index contributed by atoms with van der Waals surface area (Å²) >= 11 is 4.04. The second-order valence-electron chi connectivity index (χ2n) is 3.91. The van der Waals surface area contributed by atoms with E-state index in [1.807, 2.05) is 19.2 Å². The van der Waals surface area contributed by atoms with Gasteiger partial charge in [-0.2, -0.15) is 0 Å². The van der Waals surface area contributed by atoms with Crippen molar-refractivity contribution in [2.24, 2.45) is 0 Å². The smallest absolute Gasteiger partial charge is 0.126 e. The van der Waals surface area contributed by atoms with Gasteiger partial charge in [0.25, 0.3) is 0 Å². The SMILES string of the molecule is CNC(c1csc(I)c1)c1ccc(F)c(C)c1. The van der Waals surface area contributed by atoms with Crippen LogP contribution in [0.15, 0.2) is 29.6 Å². The Morgan fingerprint density at radius 2 is 2.06 bits per heavy atom. The molecule has 1 aromatic heterocycles. The van der Waals surface area contributed by atoms with E-state index in [1.54, 1.807) is 18.3 Å². The monoisotopic (exact) mass is 361 g/mol. The standard InChI is InChI=1S/C13H13FINS/c1-8-5-9(3-4-11(8)14)13(16-2)10-6-12(15)17-7-10/h3-7,13,16H,1-2H3. The molecule has 1 unspecified atom stereocenters. The quantitative estimate of drug-likeness (QED) is 0.812. The van der Waals surface area contributed by atoms with Gasteiger partial charge in [-0.05, 0) is 70.8 Å². The zero-order valence-corrected chi connectivity index (χ0v) is 12.6.